The summed E-state index contributed by atoms with van der Waals surface area (Å²) >= 11 is 0. The first kappa shape index (κ1) is 26.4. The number of hydrogen-bond acceptors (Lipinski definition) is 3. The van der Waals surface area contributed by atoms with Gasteiger partial charge in [0.2, 0.25) is 0 Å². The third-order valence-electron chi connectivity index (χ3n) is 5.08. The van der Waals surface area contributed by atoms with Gasteiger partial charge in [-0.3, -0.25) is 4.79 Å². The summed E-state index contributed by atoms with van der Waals surface area (Å²) in [5, 5.41) is 11.6. The van der Waals surface area contributed by atoms with Gasteiger partial charge in [0.05, 0.1) is 13.0 Å². The van der Waals surface area contributed by atoms with Crippen molar-refractivity contribution in [1.82, 2.24) is 5.32 Å². The highest BCUT2D eigenvalue weighted by atomic mass is 16.5. The summed E-state index contributed by atoms with van der Waals surface area (Å²) in [4.78, 5) is 10.3. The van der Waals surface area contributed by atoms with Gasteiger partial charge in [-0.25, -0.2) is 0 Å². The third kappa shape index (κ3) is 25.4. The highest BCUT2D eigenvalue weighted by Gasteiger charge is 1.96. The van der Waals surface area contributed by atoms with E-state index in [2.05, 4.69) is 12.2 Å². The van der Waals surface area contributed by atoms with E-state index in [9.17, 15) is 4.79 Å². The Morgan fingerprint density at radius 2 is 1.11 bits per heavy atom. The molecular weight excluding hydrogens is 338 g/mol. The molecule has 0 saturated heterocycles. The van der Waals surface area contributed by atoms with Gasteiger partial charge in [0.1, 0.15) is 0 Å². The molecule has 0 aliphatic heterocycles. The number of unbranched alkanes of at least 4 members (excludes halogenated alkanes) is 15. The first-order chi connectivity index (χ1) is 13.3. The average molecular weight is 386 g/mol. The molecule has 0 aliphatic rings. The maximum Gasteiger partial charge on any atom is 0.304 e. The van der Waals surface area contributed by atoms with E-state index < -0.39 is 5.97 Å². The first-order valence-electron chi connectivity index (χ1n) is 11.8. The van der Waals surface area contributed by atoms with E-state index in [0.29, 0.717) is 13.2 Å². The Bertz CT molecular complexity index is 297. The standard InChI is InChI=1S/C23H47NO3/c1-2-3-4-5-6-7-8-9-10-11-12-13-14-15-16-17-21-27-22-20-24-19-18-23(25)26/h24H,2-22H2,1H3,(H,25,26). The molecule has 0 atom stereocenters. The van der Waals surface area contributed by atoms with Crippen LogP contribution >= 0.6 is 0 Å². The van der Waals surface area contributed by atoms with Crippen molar-refractivity contribution < 1.29 is 14.6 Å². The fraction of sp³-hybridized carbons (Fsp3) is 0.957. The van der Waals surface area contributed by atoms with E-state index in [-0.39, 0.29) is 6.42 Å². The SMILES string of the molecule is CCCCCCCCCCCCCCCCCCOCCNCCC(=O)O. The molecule has 0 aromatic heterocycles. The highest BCUT2D eigenvalue weighted by Crippen LogP contribution is 2.13. The lowest BCUT2D eigenvalue weighted by atomic mass is 10.0. The van der Waals surface area contributed by atoms with Gasteiger partial charge in [0.25, 0.3) is 0 Å². The van der Waals surface area contributed by atoms with Crippen LogP contribution in [-0.2, 0) is 9.53 Å². The normalized spacial score (nSPS) is 11.1. The maximum absolute atomic E-state index is 10.3. The van der Waals surface area contributed by atoms with Crippen LogP contribution in [-0.4, -0.2) is 37.4 Å². The minimum atomic E-state index is -0.753. The molecule has 0 fully saturated rings. The largest absolute Gasteiger partial charge is 0.481 e. The second kappa shape index (κ2) is 23.4. The Morgan fingerprint density at radius 1 is 0.667 bits per heavy atom. The van der Waals surface area contributed by atoms with Crippen molar-refractivity contribution in [2.75, 3.05) is 26.3 Å². The number of nitrogens with one attached hydrogen (secondary N) is 1. The summed E-state index contributed by atoms with van der Waals surface area (Å²) in [6.07, 6.45) is 22.4. The van der Waals surface area contributed by atoms with Gasteiger partial charge in [0.15, 0.2) is 0 Å². The highest BCUT2D eigenvalue weighted by molar-refractivity contribution is 5.66. The molecule has 0 radical (unpaired) electrons. The maximum atomic E-state index is 10.3. The average Bonchev–Trinajstić information content (AvgIpc) is 2.65. The summed E-state index contributed by atoms with van der Waals surface area (Å²) < 4.78 is 5.55. The van der Waals surface area contributed by atoms with Crippen LogP contribution < -0.4 is 5.32 Å². The Hall–Kier alpha value is -0.610. The van der Waals surface area contributed by atoms with Crippen molar-refractivity contribution >= 4 is 5.97 Å². The van der Waals surface area contributed by atoms with Gasteiger partial charge < -0.3 is 15.2 Å². The minimum Gasteiger partial charge on any atom is -0.481 e. The van der Waals surface area contributed by atoms with Gasteiger partial charge in [-0.15, -0.1) is 0 Å². The molecule has 4 heteroatoms. The topological polar surface area (TPSA) is 58.6 Å². The lowest BCUT2D eigenvalue weighted by Crippen LogP contribution is -2.22. The molecule has 0 unspecified atom stereocenters. The lowest BCUT2D eigenvalue weighted by Gasteiger charge is -2.06. The van der Waals surface area contributed by atoms with Crippen molar-refractivity contribution in [3.05, 3.63) is 0 Å². The molecule has 27 heavy (non-hydrogen) atoms. The monoisotopic (exact) mass is 385 g/mol. The van der Waals surface area contributed by atoms with Gasteiger partial charge in [-0.1, -0.05) is 103 Å². The lowest BCUT2D eigenvalue weighted by molar-refractivity contribution is -0.136. The van der Waals surface area contributed by atoms with E-state index in [1.165, 1.54) is 96.3 Å². The molecular formula is C23H47NO3. The molecule has 0 aromatic rings. The second-order valence-electron chi connectivity index (χ2n) is 7.81. The molecule has 4 nitrogen and oxygen atoms in total. The van der Waals surface area contributed by atoms with Crippen LogP contribution in [0.2, 0.25) is 0 Å². The van der Waals surface area contributed by atoms with Crippen molar-refractivity contribution in [3.8, 4) is 0 Å². The molecule has 0 spiro atoms. The zero-order valence-corrected chi connectivity index (χ0v) is 18.1. The molecule has 162 valence electrons. The molecule has 0 bridgehead atoms. The van der Waals surface area contributed by atoms with Crippen LogP contribution in [0.15, 0.2) is 0 Å². The smallest absolute Gasteiger partial charge is 0.304 e. The fourth-order valence-electron chi connectivity index (χ4n) is 3.32. The van der Waals surface area contributed by atoms with Gasteiger partial charge in [-0.05, 0) is 6.42 Å². The summed E-state index contributed by atoms with van der Waals surface area (Å²) in [6, 6.07) is 0. The molecule has 0 saturated carbocycles. The Kier molecular flexibility index (Phi) is 22.9. The number of carbonyl (C=O) groups is 1. The van der Waals surface area contributed by atoms with E-state index in [4.69, 9.17) is 9.84 Å². The van der Waals surface area contributed by atoms with Gasteiger partial charge >= 0.3 is 5.97 Å². The summed E-state index contributed by atoms with van der Waals surface area (Å²) in [5.74, 6) is -0.753. The Balaban J connectivity index is 2.98. The molecule has 0 amide bonds. The molecule has 0 aromatic carbocycles. The van der Waals surface area contributed by atoms with Crippen molar-refractivity contribution in [2.24, 2.45) is 0 Å². The summed E-state index contributed by atoms with van der Waals surface area (Å²) in [5.41, 5.74) is 0. The molecule has 0 heterocycles. The van der Waals surface area contributed by atoms with Crippen LogP contribution in [0.5, 0.6) is 0 Å². The van der Waals surface area contributed by atoms with Crippen LogP contribution in [0.1, 0.15) is 116 Å². The predicted octanol–water partition coefficient (Wildman–Crippen LogP) is 6.33. The summed E-state index contributed by atoms with van der Waals surface area (Å²) in [7, 11) is 0. The van der Waals surface area contributed by atoms with Gasteiger partial charge in [0, 0.05) is 19.7 Å². The quantitative estimate of drug-likeness (QED) is 0.202. The van der Waals surface area contributed by atoms with Crippen LogP contribution in [0.25, 0.3) is 0 Å². The third-order valence-corrected chi connectivity index (χ3v) is 5.08. The Morgan fingerprint density at radius 3 is 1.56 bits per heavy atom. The number of carboxylic acid groups (broad SMARTS) is 1. The number of aliphatic carboxylic acids is 1. The van der Waals surface area contributed by atoms with Crippen molar-refractivity contribution in [2.45, 2.75) is 116 Å². The van der Waals surface area contributed by atoms with Gasteiger partial charge in [-0.2, -0.15) is 0 Å². The zero-order valence-electron chi connectivity index (χ0n) is 18.1. The van der Waals surface area contributed by atoms with Crippen LogP contribution in [0.3, 0.4) is 0 Å². The number of hydrogen-bond donors (Lipinski definition) is 2. The van der Waals surface area contributed by atoms with E-state index in [0.717, 1.165) is 19.6 Å². The zero-order chi connectivity index (χ0) is 19.8. The number of ether oxygens (including phenoxy) is 1. The first-order valence-corrected chi connectivity index (χ1v) is 11.8. The second-order valence-corrected chi connectivity index (χ2v) is 7.81. The predicted molar refractivity (Wildman–Crippen MR) is 115 cm³/mol. The molecule has 2 N–H and O–H groups in total. The minimum absolute atomic E-state index is 0.180. The summed E-state index contributed by atoms with van der Waals surface area (Å²) in [6.45, 7) is 5.06. The molecule has 0 rings (SSSR count). The van der Waals surface area contributed by atoms with Crippen LogP contribution in [0.4, 0.5) is 0 Å². The van der Waals surface area contributed by atoms with E-state index >= 15 is 0 Å². The van der Waals surface area contributed by atoms with Crippen molar-refractivity contribution in [3.63, 3.8) is 0 Å². The Labute approximate surface area is 168 Å². The number of rotatable bonds is 23. The van der Waals surface area contributed by atoms with Crippen LogP contribution in [0, 0.1) is 0 Å². The molecule has 0 aliphatic carbocycles. The van der Waals surface area contributed by atoms with E-state index in [1.54, 1.807) is 0 Å². The number of carboxylic acids is 1. The van der Waals surface area contributed by atoms with E-state index in [1.807, 2.05) is 0 Å². The fourth-order valence-corrected chi connectivity index (χ4v) is 3.32. The van der Waals surface area contributed by atoms with Crippen molar-refractivity contribution in [1.29, 1.82) is 0 Å².